The Morgan fingerprint density at radius 3 is 2.79 bits per heavy atom. The lowest BCUT2D eigenvalue weighted by atomic mass is 10.2. The Balaban J connectivity index is 1.88. The maximum Gasteiger partial charge on any atom is 0.190 e. The van der Waals surface area contributed by atoms with Crippen LogP contribution in [0.25, 0.3) is 10.9 Å². The fourth-order valence-corrected chi connectivity index (χ4v) is 1.82. The third kappa shape index (κ3) is 3.58. The lowest BCUT2D eigenvalue weighted by Gasteiger charge is -2.10. The summed E-state index contributed by atoms with van der Waals surface area (Å²) < 4.78 is 0. The number of fused-ring (bicyclic) bond motifs is 1. The standard InChI is InChI=1S/C14H19N5/c1-15-14(16-2)18-10-9-17-13-8-7-11-5-3-4-6-12(11)19-13/h3-8H,9-10H2,1-2H3,(H,17,19)(H2,15,16,18). The molecule has 1 heterocycles. The molecule has 2 aromatic rings. The minimum Gasteiger partial charge on any atom is -0.368 e. The van der Waals surface area contributed by atoms with Crippen LogP contribution < -0.4 is 16.0 Å². The van der Waals surface area contributed by atoms with Crippen LogP contribution in [0.1, 0.15) is 0 Å². The quantitative estimate of drug-likeness (QED) is 0.441. The molecular weight excluding hydrogens is 238 g/mol. The second kappa shape index (κ2) is 6.58. The number of nitrogens with zero attached hydrogens (tertiary/aromatic N) is 2. The van der Waals surface area contributed by atoms with Crippen LogP contribution in [0.3, 0.4) is 0 Å². The molecule has 0 saturated heterocycles. The average molecular weight is 257 g/mol. The molecule has 0 amide bonds. The molecular formula is C14H19N5. The number of para-hydroxylation sites is 1. The molecule has 0 atom stereocenters. The summed E-state index contributed by atoms with van der Waals surface area (Å²) in [4.78, 5) is 8.59. The highest BCUT2D eigenvalue weighted by molar-refractivity contribution is 5.80. The van der Waals surface area contributed by atoms with Gasteiger partial charge in [-0.2, -0.15) is 0 Å². The molecule has 5 heteroatoms. The van der Waals surface area contributed by atoms with E-state index in [4.69, 9.17) is 0 Å². The van der Waals surface area contributed by atoms with Gasteiger partial charge < -0.3 is 16.0 Å². The summed E-state index contributed by atoms with van der Waals surface area (Å²) in [5, 5.41) is 10.6. The number of nitrogens with one attached hydrogen (secondary N) is 3. The first kappa shape index (κ1) is 13.1. The van der Waals surface area contributed by atoms with Crippen LogP contribution in [-0.4, -0.2) is 38.1 Å². The van der Waals surface area contributed by atoms with E-state index < -0.39 is 0 Å². The highest BCUT2D eigenvalue weighted by Crippen LogP contribution is 2.13. The Morgan fingerprint density at radius 2 is 2.00 bits per heavy atom. The van der Waals surface area contributed by atoms with Gasteiger partial charge in [0.25, 0.3) is 0 Å². The van der Waals surface area contributed by atoms with Crippen molar-refractivity contribution >= 4 is 22.7 Å². The van der Waals surface area contributed by atoms with Gasteiger partial charge in [0.1, 0.15) is 5.82 Å². The maximum absolute atomic E-state index is 4.55. The van der Waals surface area contributed by atoms with E-state index in [2.05, 4.69) is 38.1 Å². The number of aromatic nitrogens is 1. The van der Waals surface area contributed by atoms with E-state index in [1.807, 2.05) is 31.3 Å². The van der Waals surface area contributed by atoms with Gasteiger partial charge in [0.2, 0.25) is 0 Å². The average Bonchev–Trinajstić information content (AvgIpc) is 2.47. The highest BCUT2D eigenvalue weighted by Gasteiger charge is 1.97. The van der Waals surface area contributed by atoms with Crippen molar-refractivity contribution in [1.29, 1.82) is 0 Å². The van der Waals surface area contributed by atoms with Crippen LogP contribution in [0.4, 0.5) is 5.82 Å². The SMILES string of the molecule is CN=C(NC)NCCNc1ccc2ccccc2n1. The minimum absolute atomic E-state index is 0.780. The molecule has 0 saturated carbocycles. The lowest BCUT2D eigenvalue weighted by Crippen LogP contribution is -2.37. The van der Waals surface area contributed by atoms with Crippen LogP contribution in [-0.2, 0) is 0 Å². The minimum atomic E-state index is 0.780. The normalized spacial score (nSPS) is 11.4. The van der Waals surface area contributed by atoms with E-state index in [0.29, 0.717) is 0 Å². The van der Waals surface area contributed by atoms with Gasteiger partial charge in [-0.05, 0) is 18.2 Å². The summed E-state index contributed by atoms with van der Waals surface area (Å²) >= 11 is 0. The highest BCUT2D eigenvalue weighted by atomic mass is 15.2. The summed E-state index contributed by atoms with van der Waals surface area (Å²) in [6, 6.07) is 12.2. The van der Waals surface area contributed by atoms with Crippen LogP contribution in [0, 0.1) is 0 Å². The number of benzene rings is 1. The van der Waals surface area contributed by atoms with E-state index in [-0.39, 0.29) is 0 Å². The molecule has 0 bridgehead atoms. The predicted molar refractivity (Wildman–Crippen MR) is 80.7 cm³/mol. The van der Waals surface area contributed by atoms with Gasteiger partial charge >= 0.3 is 0 Å². The number of rotatable bonds is 4. The molecule has 0 aliphatic rings. The van der Waals surface area contributed by atoms with Crippen molar-refractivity contribution in [3.05, 3.63) is 36.4 Å². The van der Waals surface area contributed by atoms with Crippen molar-refractivity contribution < 1.29 is 0 Å². The van der Waals surface area contributed by atoms with E-state index in [1.165, 1.54) is 0 Å². The van der Waals surface area contributed by atoms with Gasteiger partial charge in [0.05, 0.1) is 5.52 Å². The Hall–Kier alpha value is -2.30. The zero-order valence-corrected chi connectivity index (χ0v) is 11.3. The number of hydrogen-bond donors (Lipinski definition) is 3. The maximum atomic E-state index is 4.55. The Morgan fingerprint density at radius 1 is 1.16 bits per heavy atom. The molecule has 0 aliphatic heterocycles. The van der Waals surface area contributed by atoms with Crippen LogP contribution in [0.5, 0.6) is 0 Å². The van der Waals surface area contributed by atoms with Crippen molar-refractivity contribution in [3.8, 4) is 0 Å². The molecule has 19 heavy (non-hydrogen) atoms. The lowest BCUT2D eigenvalue weighted by molar-refractivity contribution is 0.863. The smallest absolute Gasteiger partial charge is 0.190 e. The van der Waals surface area contributed by atoms with Crippen LogP contribution in [0.2, 0.25) is 0 Å². The summed E-state index contributed by atoms with van der Waals surface area (Å²) in [7, 11) is 3.59. The molecule has 2 rings (SSSR count). The molecule has 0 spiro atoms. The van der Waals surface area contributed by atoms with E-state index in [9.17, 15) is 0 Å². The van der Waals surface area contributed by atoms with Crippen molar-refractivity contribution in [2.24, 2.45) is 4.99 Å². The van der Waals surface area contributed by atoms with Gasteiger partial charge in [0.15, 0.2) is 5.96 Å². The number of guanidine groups is 1. The van der Waals surface area contributed by atoms with Crippen LogP contribution in [0.15, 0.2) is 41.4 Å². The first-order valence-corrected chi connectivity index (χ1v) is 6.31. The Kier molecular flexibility index (Phi) is 4.55. The van der Waals surface area contributed by atoms with Gasteiger partial charge in [-0.15, -0.1) is 0 Å². The summed E-state index contributed by atoms with van der Waals surface area (Å²) in [5.41, 5.74) is 1.01. The van der Waals surface area contributed by atoms with Gasteiger partial charge in [-0.3, -0.25) is 4.99 Å². The molecule has 1 aromatic carbocycles. The molecule has 0 fully saturated rings. The third-order valence-corrected chi connectivity index (χ3v) is 2.78. The topological polar surface area (TPSA) is 61.3 Å². The van der Waals surface area contributed by atoms with E-state index in [1.54, 1.807) is 7.05 Å². The molecule has 3 N–H and O–H groups in total. The predicted octanol–water partition coefficient (Wildman–Crippen LogP) is 1.44. The monoisotopic (exact) mass is 257 g/mol. The first-order chi connectivity index (χ1) is 9.33. The molecule has 0 aliphatic carbocycles. The zero-order valence-electron chi connectivity index (χ0n) is 11.3. The fraction of sp³-hybridized carbons (Fsp3) is 0.286. The van der Waals surface area contributed by atoms with Crippen LogP contribution >= 0.6 is 0 Å². The van der Waals surface area contributed by atoms with Crippen molar-refractivity contribution in [2.45, 2.75) is 0 Å². The van der Waals surface area contributed by atoms with E-state index >= 15 is 0 Å². The van der Waals surface area contributed by atoms with Gasteiger partial charge in [0, 0.05) is 32.6 Å². The molecule has 0 radical (unpaired) electrons. The van der Waals surface area contributed by atoms with Crippen molar-refractivity contribution in [2.75, 3.05) is 32.5 Å². The van der Waals surface area contributed by atoms with Gasteiger partial charge in [-0.25, -0.2) is 4.98 Å². The molecule has 0 unspecified atom stereocenters. The third-order valence-electron chi connectivity index (χ3n) is 2.78. The zero-order chi connectivity index (χ0) is 13.5. The summed E-state index contributed by atoms with van der Waals surface area (Å²) in [5.74, 6) is 1.67. The van der Waals surface area contributed by atoms with Crippen molar-refractivity contribution in [1.82, 2.24) is 15.6 Å². The molecule has 1 aromatic heterocycles. The second-order valence-electron chi connectivity index (χ2n) is 4.06. The molecule has 100 valence electrons. The van der Waals surface area contributed by atoms with E-state index in [0.717, 1.165) is 35.8 Å². The molecule has 5 nitrogen and oxygen atoms in total. The number of aliphatic imine (C=N–C) groups is 1. The summed E-state index contributed by atoms with van der Waals surface area (Å²) in [6.45, 7) is 1.56. The first-order valence-electron chi connectivity index (χ1n) is 6.31. The second-order valence-corrected chi connectivity index (χ2v) is 4.06. The largest absolute Gasteiger partial charge is 0.368 e. The number of pyridine rings is 1. The Labute approximate surface area is 113 Å². The summed E-state index contributed by atoms with van der Waals surface area (Å²) in [6.07, 6.45) is 0. The van der Waals surface area contributed by atoms with Gasteiger partial charge in [-0.1, -0.05) is 18.2 Å². The number of hydrogen-bond acceptors (Lipinski definition) is 3. The number of anilines is 1. The van der Waals surface area contributed by atoms with Crippen molar-refractivity contribution in [3.63, 3.8) is 0 Å². The Bertz CT molecular complexity index is 565. The fourth-order valence-electron chi connectivity index (χ4n) is 1.82.